The minimum absolute atomic E-state index is 0.334. The Bertz CT molecular complexity index is 1000. The molecule has 0 radical (unpaired) electrons. The lowest BCUT2D eigenvalue weighted by Crippen LogP contribution is -2.04. The van der Waals surface area contributed by atoms with E-state index in [1.807, 2.05) is 24.3 Å². The van der Waals surface area contributed by atoms with Crippen molar-refractivity contribution in [2.24, 2.45) is 5.10 Å². The SMILES string of the molecule is COc1cccc(C=NNc2ccc(C(F)(F)F)cc2)c1OCc1ccc(Br)cc1. The molecule has 156 valence electrons. The minimum atomic E-state index is -4.37. The van der Waals surface area contributed by atoms with Crippen LogP contribution in [-0.4, -0.2) is 13.3 Å². The molecule has 0 aliphatic carbocycles. The predicted molar refractivity (Wildman–Crippen MR) is 114 cm³/mol. The summed E-state index contributed by atoms with van der Waals surface area (Å²) < 4.78 is 50.3. The molecule has 0 saturated carbocycles. The third-order valence-electron chi connectivity index (χ3n) is 4.14. The number of methoxy groups -OCH3 is 1. The molecule has 0 aromatic heterocycles. The fourth-order valence-corrected chi connectivity index (χ4v) is 2.86. The number of ether oxygens (including phenoxy) is 2. The number of anilines is 1. The average Bonchev–Trinajstić information content (AvgIpc) is 2.73. The zero-order valence-corrected chi connectivity index (χ0v) is 17.5. The van der Waals surface area contributed by atoms with Crippen molar-refractivity contribution in [3.8, 4) is 11.5 Å². The summed E-state index contributed by atoms with van der Waals surface area (Å²) in [6.07, 6.45) is -2.85. The fraction of sp³-hybridized carbons (Fsp3) is 0.136. The molecule has 3 rings (SSSR count). The Balaban J connectivity index is 1.72. The molecule has 0 atom stereocenters. The number of hydrazone groups is 1. The molecule has 3 aromatic carbocycles. The van der Waals surface area contributed by atoms with E-state index in [1.165, 1.54) is 18.3 Å². The van der Waals surface area contributed by atoms with E-state index in [9.17, 15) is 13.2 Å². The zero-order valence-electron chi connectivity index (χ0n) is 15.9. The van der Waals surface area contributed by atoms with Crippen molar-refractivity contribution >= 4 is 27.8 Å². The van der Waals surface area contributed by atoms with Crippen LogP contribution >= 0.6 is 15.9 Å². The number of hydrogen-bond donors (Lipinski definition) is 1. The highest BCUT2D eigenvalue weighted by atomic mass is 79.9. The van der Waals surface area contributed by atoms with E-state index in [4.69, 9.17) is 9.47 Å². The van der Waals surface area contributed by atoms with Crippen LogP contribution in [0.3, 0.4) is 0 Å². The Kier molecular flexibility index (Phi) is 6.99. The van der Waals surface area contributed by atoms with Crippen molar-refractivity contribution in [1.82, 2.24) is 0 Å². The van der Waals surface area contributed by atoms with Gasteiger partial charge in [0.1, 0.15) is 6.61 Å². The molecule has 0 aliphatic rings. The monoisotopic (exact) mass is 478 g/mol. The van der Waals surface area contributed by atoms with Gasteiger partial charge < -0.3 is 9.47 Å². The molecule has 0 saturated heterocycles. The third-order valence-corrected chi connectivity index (χ3v) is 4.66. The number of halogens is 4. The summed E-state index contributed by atoms with van der Waals surface area (Å²) in [6.45, 7) is 0.334. The maximum absolute atomic E-state index is 12.6. The number of nitrogens with zero attached hydrogens (tertiary/aromatic N) is 1. The van der Waals surface area contributed by atoms with Crippen LogP contribution in [0.1, 0.15) is 16.7 Å². The molecule has 0 unspecified atom stereocenters. The second-order valence-corrected chi connectivity index (χ2v) is 7.15. The van der Waals surface area contributed by atoms with E-state index in [0.717, 1.165) is 22.2 Å². The molecule has 30 heavy (non-hydrogen) atoms. The molecule has 0 fully saturated rings. The Morgan fingerprint density at radius 2 is 1.70 bits per heavy atom. The Morgan fingerprint density at radius 1 is 1.00 bits per heavy atom. The molecule has 0 heterocycles. The van der Waals surface area contributed by atoms with Gasteiger partial charge in [0.2, 0.25) is 0 Å². The Morgan fingerprint density at radius 3 is 2.33 bits per heavy atom. The van der Waals surface area contributed by atoms with E-state index in [1.54, 1.807) is 25.3 Å². The predicted octanol–water partition coefficient (Wildman–Crippen LogP) is 6.50. The summed E-state index contributed by atoms with van der Waals surface area (Å²) >= 11 is 3.40. The smallest absolute Gasteiger partial charge is 0.416 e. The zero-order chi connectivity index (χ0) is 21.6. The van der Waals surface area contributed by atoms with E-state index in [2.05, 4.69) is 26.5 Å². The summed E-state index contributed by atoms with van der Waals surface area (Å²) in [5, 5.41) is 4.11. The lowest BCUT2D eigenvalue weighted by Gasteiger charge is -2.13. The molecule has 1 N–H and O–H groups in total. The van der Waals surface area contributed by atoms with Crippen molar-refractivity contribution in [1.29, 1.82) is 0 Å². The first-order valence-electron chi connectivity index (χ1n) is 8.87. The number of benzene rings is 3. The number of nitrogens with one attached hydrogen (secondary N) is 1. The van der Waals surface area contributed by atoms with Crippen LogP contribution in [0.4, 0.5) is 18.9 Å². The topological polar surface area (TPSA) is 42.8 Å². The van der Waals surface area contributed by atoms with E-state index in [0.29, 0.717) is 29.4 Å². The first-order chi connectivity index (χ1) is 14.4. The highest BCUT2D eigenvalue weighted by Gasteiger charge is 2.29. The van der Waals surface area contributed by atoms with Crippen LogP contribution in [0.2, 0.25) is 0 Å². The molecular formula is C22H18BrF3N2O2. The molecular weight excluding hydrogens is 461 g/mol. The third kappa shape index (κ3) is 5.76. The van der Waals surface area contributed by atoms with E-state index >= 15 is 0 Å². The van der Waals surface area contributed by atoms with Crippen molar-refractivity contribution in [2.75, 3.05) is 12.5 Å². The van der Waals surface area contributed by atoms with Crippen molar-refractivity contribution in [2.45, 2.75) is 12.8 Å². The van der Waals surface area contributed by atoms with Gasteiger partial charge in [-0.05, 0) is 54.1 Å². The van der Waals surface area contributed by atoms with Gasteiger partial charge in [0.15, 0.2) is 11.5 Å². The molecule has 0 amide bonds. The number of alkyl halides is 3. The minimum Gasteiger partial charge on any atom is -0.493 e. The highest BCUT2D eigenvalue weighted by Crippen LogP contribution is 2.31. The Hall–Kier alpha value is -3.00. The van der Waals surface area contributed by atoms with E-state index in [-0.39, 0.29) is 0 Å². The number of para-hydroxylation sites is 1. The van der Waals surface area contributed by atoms with Gasteiger partial charge in [0, 0.05) is 10.0 Å². The van der Waals surface area contributed by atoms with Crippen molar-refractivity contribution in [3.05, 3.63) is 87.9 Å². The summed E-state index contributed by atoms with van der Waals surface area (Å²) in [5.74, 6) is 1.06. The van der Waals surface area contributed by atoms with Crippen LogP contribution in [0.5, 0.6) is 11.5 Å². The molecule has 0 spiro atoms. The van der Waals surface area contributed by atoms with Crippen LogP contribution in [-0.2, 0) is 12.8 Å². The maximum atomic E-state index is 12.6. The van der Waals surface area contributed by atoms with Gasteiger partial charge in [-0.1, -0.05) is 34.1 Å². The first kappa shape index (κ1) is 21.7. The van der Waals surface area contributed by atoms with Gasteiger partial charge in [-0.3, -0.25) is 5.43 Å². The quantitative estimate of drug-likeness (QED) is 0.311. The lowest BCUT2D eigenvalue weighted by molar-refractivity contribution is -0.137. The summed E-state index contributed by atoms with van der Waals surface area (Å²) in [4.78, 5) is 0. The van der Waals surface area contributed by atoms with Crippen molar-refractivity contribution in [3.63, 3.8) is 0 Å². The first-order valence-corrected chi connectivity index (χ1v) is 9.66. The van der Waals surface area contributed by atoms with Gasteiger partial charge in [0.05, 0.1) is 24.6 Å². The summed E-state index contributed by atoms with van der Waals surface area (Å²) in [5.41, 5.74) is 4.07. The van der Waals surface area contributed by atoms with Crippen LogP contribution in [0.25, 0.3) is 0 Å². The maximum Gasteiger partial charge on any atom is 0.416 e. The molecule has 0 aliphatic heterocycles. The van der Waals surface area contributed by atoms with Gasteiger partial charge in [0.25, 0.3) is 0 Å². The Labute approximate surface area is 180 Å². The average molecular weight is 479 g/mol. The molecule has 4 nitrogen and oxygen atoms in total. The second-order valence-electron chi connectivity index (χ2n) is 6.24. The van der Waals surface area contributed by atoms with Crippen LogP contribution in [0, 0.1) is 0 Å². The summed E-state index contributed by atoms with van der Waals surface area (Å²) in [7, 11) is 1.54. The molecule has 3 aromatic rings. The van der Waals surface area contributed by atoms with Crippen LogP contribution < -0.4 is 14.9 Å². The van der Waals surface area contributed by atoms with Crippen molar-refractivity contribution < 1.29 is 22.6 Å². The second kappa shape index (κ2) is 9.67. The lowest BCUT2D eigenvalue weighted by atomic mass is 10.2. The van der Waals surface area contributed by atoms with Gasteiger partial charge in [-0.25, -0.2) is 0 Å². The fourth-order valence-electron chi connectivity index (χ4n) is 2.60. The van der Waals surface area contributed by atoms with Gasteiger partial charge in [-0.2, -0.15) is 18.3 Å². The van der Waals surface area contributed by atoms with Gasteiger partial charge in [-0.15, -0.1) is 0 Å². The summed E-state index contributed by atoms with van der Waals surface area (Å²) in [6, 6.07) is 17.7. The van der Waals surface area contributed by atoms with Gasteiger partial charge >= 0.3 is 6.18 Å². The molecule has 8 heteroatoms. The highest BCUT2D eigenvalue weighted by molar-refractivity contribution is 9.10. The largest absolute Gasteiger partial charge is 0.493 e. The molecule has 0 bridgehead atoms. The standard InChI is InChI=1S/C22H18BrF3N2O2/c1-29-20-4-2-3-16(21(20)30-14-15-5-9-18(23)10-6-15)13-27-28-19-11-7-17(8-12-19)22(24,25)26/h2-13,28H,14H2,1H3. The number of rotatable bonds is 7. The van der Waals surface area contributed by atoms with Crippen LogP contribution in [0.15, 0.2) is 76.3 Å². The normalized spacial score (nSPS) is 11.5. The van der Waals surface area contributed by atoms with E-state index < -0.39 is 11.7 Å². The number of hydrogen-bond acceptors (Lipinski definition) is 4.